The van der Waals surface area contributed by atoms with Gasteiger partial charge in [-0.1, -0.05) is 0 Å². The van der Waals surface area contributed by atoms with E-state index < -0.39 is 5.60 Å². The molecule has 0 N–H and O–H groups in total. The van der Waals surface area contributed by atoms with Crippen LogP contribution in [0.2, 0.25) is 0 Å². The summed E-state index contributed by atoms with van der Waals surface area (Å²) in [5.41, 5.74) is -0.467. The highest BCUT2D eigenvalue weighted by atomic mass is 79.9. The molecule has 1 saturated heterocycles. The van der Waals surface area contributed by atoms with E-state index in [1.165, 1.54) is 0 Å². The van der Waals surface area contributed by atoms with Crippen LogP contribution in [0.25, 0.3) is 0 Å². The normalized spacial score (nSPS) is 19.4. The van der Waals surface area contributed by atoms with Crippen LogP contribution in [-0.4, -0.2) is 57.6 Å². The molecule has 1 aliphatic rings. The Bertz CT molecular complexity index is 530. The van der Waals surface area contributed by atoms with Gasteiger partial charge in [-0.3, -0.25) is 4.90 Å². The molecular formula is C16H25BrN4O2. The van der Waals surface area contributed by atoms with Gasteiger partial charge in [0, 0.05) is 32.0 Å². The quantitative estimate of drug-likeness (QED) is 0.801. The van der Waals surface area contributed by atoms with E-state index in [0.29, 0.717) is 6.54 Å². The van der Waals surface area contributed by atoms with Gasteiger partial charge in [-0.2, -0.15) is 0 Å². The number of aromatic nitrogens is 2. The molecule has 0 aromatic carbocycles. The minimum absolute atomic E-state index is 0.161. The van der Waals surface area contributed by atoms with Gasteiger partial charge in [0.05, 0.1) is 11.0 Å². The molecule has 0 saturated carbocycles. The van der Waals surface area contributed by atoms with Gasteiger partial charge in [-0.15, -0.1) is 0 Å². The van der Waals surface area contributed by atoms with Gasteiger partial charge in [0.2, 0.25) is 0 Å². The summed E-state index contributed by atoms with van der Waals surface area (Å²) in [5, 5.41) is 0. The second kappa shape index (κ2) is 7.57. The van der Waals surface area contributed by atoms with Crippen LogP contribution in [0.5, 0.6) is 0 Å². The van der Waals surface area contributed by atoms with E-state index in [1.54, 1.807) is 17.3 Å². The summed E-state index contributed by atoms with van der Waals surface area (Å²) < 4.78 is 6.34. The lowest BCUT2D eigenvalue weighted by atomic mass is 10.0. The van der Waals surface area contributed by atoms with E-state index in [0.717, 1.165) is 36.2 Å². The summed E-state index contributed by atoms with van der Waals surface area (Å²) in [7, 11) is 1.82. The maximum atomic E-state index is 12.2. The molecule has 1 aromatic heterocycles. The third kappa shape index (κ3) is 5.73. The van der Waals surface area contributed by atoms with Crippen LogP contribution in [0.15, 0.2) is 16.9 Å². The molecule has 0 aliphatic carbocycles. The van der Waals surface area contributed by atoms with Gasteiger partial charge >= 0.3 is 6.09 Å². The second-order valence-electron chi connectivity index (χ2n) is 6.94. The molecule has 128 valence electrons. The van der Waals surface area contributed by atoms with Crippen molar-refractivity contribution >= 4 is 22.0 Å². The van der Waals surface area contributed by atoms with Crippen LogP contribution in [0.1, 0.15) is 39.4 Å². The lowest BCUT2D eigenvalue weighted by Gasteiger charge is -2.37. The molecule has 1 amide bonds. The van der Waals surface area contributed by atoms with Crippen molar-refractivity contribution < 1.29 is 9.53 Å². The van der Waals surface area contributed by atoms with E-state index in [2.05, 4.69) is 30.8 Å². The van der Waals surface area contributed by atoms with E-state index in [1.807, 2.05) is 27.8 Å². The Hall–Kier alpha value is -1.21. The van der Waals surface area contributed by atoms with Crippen LogP contribution >= 0.6 is 15.9 Å². The van der Waals surface area contributed by atoms with E-state index in [9.17, 15) is 4.79 Å². The van der Waals surface area contributed by atoms with Gasteiger partial charge < -0.3 is 9.64 Å². The molecule has 23 heavy (non-hydrogen) atoms. The summed E-state index contributed by atoms with van der Waals surface area (Å²) in [5.74, 6) is 0.800. The number of nitrogens with zero attached hydrogens (tertiary/aromatic N) is 4. The molecule has 0 bridgehead atoms. The summed E-state index contributed by atoms with van der Waals surface area (Å²) in [6.07, 6.45) is 5.30. The van der Waals surface area contributed by atoms with Crippen molar-refractivity contribution in [2.75, 3.05) is 20.1 Å². The molecule has 1 fully saturated rings. The maximum Gasteiger partial charge on any atom is 0.410 e. The number of hydrogen-bond donors (Lipinski definition) is 0. The molecule has 2 heterocycles. The Balaban J connectivity index is 1.92. The first-order valence-corrected chi connectivity index (χ1v) is 8.68. The largest absolute Gasteiger partial charge is 0.444 e. The third-order valence-electron chi connectivity index (χ3n) is 3.75. The van der Waals surface area contributed by atoms with Crippen molar-refractivity contribution in [2.24, 2.45) is 0 Å². The minimum Gasteiger partial charge on any atom is -0.444 e. The van der Waals surface area contributed by atoms with Gasteiger partial charge in [0.15, 0.2) is 0 Å². The minimum atomic E-state index is -0.467. The molecule has 0 unspecified atom stereocenters. The highest BCUT2D eigenvalue weighted by Gasteiger charge is 2.29. The molecule has 1 aliphatic heterocycles. The summed E-state index contributed by atoms with van der Waals surface area (Å²) in [6.45, 7) is 8.17. The van der Waals surface area contributed by atoms with E-state index >= 15 is 0 Å². The fourth-order valence-corrected chi connectivity index (χ4v) is 2.80. The van der Waals surface area contributed by atoms with Gasteiger partial charge in [0.1, 0.15) is 11.4 Å². The van der Waals surface area contributed by atoms with Crippen molar-refractivity contribution in [1.82, 2.24) is 19.8 Å². The smallest absolute Gasteiger partial charge is 0.410 e. The predicted octanol–water partition coefficient (Wildman–Crippen LogP) is 3.07. The Labute approximate surface area is 146 Å². The molecule has 6 nitrogen and oxygen atoms in total. The maximum absolute atomic E-state index is 12.2. The highest BCUT2D eigenvalue weighted by Crippen LogP contribution is 2.19. The summed E-state index contributed by atoms with van der Waals surface area (Å²) >= 11 is 3.34. The average molecular weight is 385 g/mol. The van der Waals surface area contributed by atoms with Crippen LogP contribution in [-0.2, 0) is 11.3 Å². The number of carbonyl (C=O) groups is 1. The number of ether oxygens (including phenoxy) is 1. The van der Waals surface area contributed by atoms with Crippen LogP contribution in [0.3, 0.4) is 0 Å². The average Bonchev–Trinajstić information content (AvgIpc) is 2.47. The fourth-order valence-electron chi connectivity index (χ4n) is 2.59. The van der Waals surface area contributed by atoms with Crippen molar-refractivity contribution in [2.45, 2.75) is 51.8 Å². The number of hydrogen-bond acceptors (Lipinski definition) is 5. The first kappa shape index (κ1) is 18.1. The number of likely N-dealkylation sites (N-methyl/N-ethyl adjacent to an activating group) is 1. The monoisotopic (exact) mass is 384 g/mol. The summed E-state index contributed by atoms with van der Waals surface area (Å²) in [4.78, 5) is 24.9. The molecule has 0 radical (unpaired) electrons. The van der Waals surface area contributed by atoms with Crippen molar-refractivity contribution in [1.29, 1.82) is 0 Å². The molecular weight excluding hydrogens is 360 g/mol. The van der Waals surface area contributed by atoms with E-state index in [4.69, 9.17) is 4.74 Å². The predicted molar refractivity (Wildman–Crippen MR) is 92.0 cm³/mol. The first-order valence-electron chi connectivity index (χ1n) is 7.89. The van der Waals surface area contributed by atoms with Crippen molar-refractivity contribution in [3.8, 4) is 0 Å². The van der Waals surface area contributed by atoms with Gasteiger partial charge in [-0.25, -0.2) is 14.8 Å². The Morgan fingerprint density at radius 2 is 2.09 bits per heavy atom. The first-order chi connectivity index (χ1) is 10.7. The van der Waals surface area contributed by atoms with Crippen LogP contribution < -0.4 is 0 Å². The standard InChI is InChI=1S/C16H25BrN4O2/c1-16(2,3)23-15(22)20(4)13-6-5-7-21(10-13)11-14-18-8-12(17)9-19-14/h8-9,13H,5-7,10-11H2,1-4H3/t13-/m1/s1. The number of halogens is 1. The highest BCUT2D eigenvalue weighted by molar-refractivity contribution is 9.10. The number of rotatable bonds is 3. The zero-order valence-electron chi connectivity index (χ0n) is 14.3. The van der Waals surface area contributed by atoms with Crippen LogP contribution in [0.4, 0.5) is 4.79 Å². The van der Waals surface area contributed by atoms with Crippen LogP contribution in [0, 0.1) is 0 Å². The summed E-state index contributed by atoms with van der Waals surface area (Å²) in [6, 6.07) is 0.161. The van der Waals surface area contributed by atoms with Gasteiger partial charge in [0.25, 0.3) is 0 Å². The third-order valence-corrected chi connectivity index (χ3v) is 4.16. The lowest BCUT2D eigenvalue weighted by molar-refractivity contribution is 0.0128. The number of likely N-dealkylation sites (tertiary alicyclic amines) is 1. The Morgan fingerprint density at radius 3 is 2.70 bits per heavy atom. The number of piperidine rings is 1. The molecule has 2 rings (SSSR count). The topological polar surface area (TPSA) is 58.6 Å². The molecule has 7 heteroatoms. The molecule has 1 atom stereocenters. The van der Waals surface area contributed by atoms with E-state index in [-0.39, 0.29) is 12.1 Å². The zero-order valence-corrected chi connectivity index (χ0v) is 15.8. The Kier molecular flexibility index (Phi) is 5.97. The van der Waals surface area contributed by atoms with Crippen molar-refractivity contribution in [3.63, 3.8) is 0 Å². The lowest BCUT2D eigenvalue weighted by Crippen LogP contribution is -2.49. The second-order valence-corrected chi connectivity index (χ2v) is 7.86. The molecule has 1 aromatic rings. The van der Waals surface area contributed by atoms with Crippen molar-refractivity contribution in [3.05, 3.63) is 22.7 Å². The fraction of sp³-hybridized carbons (Fsp3) is 0.688. The SMILES string of the molecule is CN(C(=O)OC(C)(C)C)[C@@H]1CCCN(Cc2ncc(Br)cn2)C1. The number of carbonyl (C=O) groups excluding carboxylic acids is 1. The molecule has 0 spiro atoms. The number of amides is 1. The van der Waals surface area contributed by atoms with Gasteiger partial charge in [-0.05, 0) is 56.1 Å². The Morgan fingerprint density at radius 1 is 1.43 bits per heavy atom. The zero-order chi connectivity index (χ0) is 17.0.